The standard InChI is InChI=1S/C13H13BFNO4/c1-16-8-12(17)19-14(20-13(18)9-16)6-5-10-3-2-4-11(15)7-10/h2-7H,8-9H2,1H3/b6-5+. The monoisotopic (exact) mass is 277 g/mol. The van der Waals surface area contributed by atoms with Gasteiger partial charge >= 0.3 is 19.1 Å². The van der Waals surface area contributed by atoms with Crippen LogP contribution in [0.25, 0.3) is 6.08 Å². The molecule has 0 bridgehead atoms. The molecule has 0 unspecified atom stereocenters. The molecule has 20 heavy (non-hydrogen) atoms. The van der Waals surface area contributed by atoms with E-state index in [0.717, 1.165) is 0 Å². The number of carbonyl (C=O) groups excluding carboxylic acids is 2. The molecule has 0 amide bonds. The van der Waals surface area contributed by atoms with Crippen LogP contribution in [-0.2, 0) is 18.9 Å². The van der Waals surface area contributed by atoms with Crippen molar-refractivity contribution in [3.8, 4) is 0 Å². The molecule has 7 heteroatoms. The van der Waals surface area contributed by atoms with Gasteiger partial charge in [-0.3, -0.25) is 14.5 Å². The number of benzene rings is 1. The van der Waals surface area contributed by atoms with E-state index in [1.54, 1.807) is 19.2 Å². The van der Waals surface area contributed by atoms with Crippen molar-refractivity contribution in [1.82, 2.24) is 4.90 Å². The van der Waals surface area contributed by atoms with Gasteiger partial charge in [-0.2, -0.15) is 0 Å². The number of carbonyl (C=O) groups is 2. The predicted molar refractivity (Wildman–Crippen MR) is 70.9 cm³/mol. The zero-order chi connectivity index (χ0) is 14.5. The maximum atomic E-state index is 13.0. The third kappa shape index (κ3) is 4.20. The van der Waals surface area contributed by atoms with Crippen molar-refractivity contribution >= 4 is 25.1 Å². The average molecular weight is 277 g/mol. The van der Waals surface area contributed by atoms with E-state index in [9.17, 15) is 14.0 Å². The highest BCUT2D eigenvalue weighted by atomic mass is 19.1. The summed E-state index contributed by atoms with van der Waals surface area (Å²) in [4.78, 5) is 24.5. The molecule has 0 radical (unpaired) electrons. The number of likely N-dealkylation sites (N-methyl/N-ethyl adjacent to an activating group) is 1. The van der Waals surface area contributed by atoms with Crippen LogP contribution in [-0.4, -0.2) is 44.1 Å². The van der Waals surface area contributed by atoms with E-state index in [0.29, 0.717) is 5.56 Å². The quantitative estimate of drug-likeness (QED) is 0.752. The van der Waals surface area contributed by atoms with Gasteiger partial charge in [0.1, 0.15) is 5.82 Å². The van der Waals surface area contributed by atoms with Gasteiger partial charge in [0.2, 0.25) is 0 Å². The highest BCUT2D eigenvalue weighted by Gasteiger charge is 2.29. The molecule has 0 spiro atoms. The minimum absolute atomic E-state index is 0.0133. The maximum Gasteiger partial charge on any atom is 0.628 e. The summed E-state index contributed by atoms with van der Waals surface area (Å²) in [7, 11) is 0.526. The van der Waals surface area contributed by atoms with Crippen molar-refractivity contribution in [3.63, 3.8) is 0 Å². The van der Waals surface area contributed by atoms with Crippen molar-refractivity contribution in [3.05, 3.63) is 41.6 Å². The van der Waals surface area contributed by atoms with Crippen LogP contribution in [0, 0.1) is 5.82 Å². The lowest BCUT2D eigenvalue weighted by Gasteiger charge is -2.21. The molecule has 5 nitrogen and oxygen atoms in total. The van der Waals surface area contributed by atoms with E-state index in [2.05, 4.69) is 0 Å². The molecule has 1 saturated heterocycles. The third-order valence-corrected chi connectivity index (χ3v) is 2.59. The molecular weight excluding hydrogens is 264 g/mol. The number of hydrogen-bond donors (Lipinski definition) is 0. The lowest BCUT2D eigenvalue weighted by atomic mass is 9.88. The van der Waals surface area contributed by atoms with Gasteiger partial charge in [-0.25, -0.2) is 4.39 Å². The Kier molecular flexibility index (Phi) is 4.52. The topological polar surface area (TPSA) is 55.8 Å². The first-order valence-corrected chi connectivity index (χ1v) is 6.04. The zero-order valence-electron chi connectivity index (χ0n) is 10.9. The van der Waals surface area contributed by atoms with Gasteiger partial charge in [-0.15, -0.1) is 0 Å². The number of halogens is 1. The van der Waals surface area contributed by atoms with E-state index < -0.39 is 19.1 Å². The van der Waals surface area contributed by atoms with Gasteiger partial charge in [-0.05, 0) is 30.7 Å². The summed E-state index contributed by atoms with van der Waals surface area (Å²) >= 11 is 0. The summed E-state index contributed by atoms with van der Waals surface area (Å²) in [6, 6.07) is 5.87. The van der Waals surface area contributed by atoms with Crippen LogP contribution >= 0.6 is 0 Å². The van der Waals surface area contributed by atoms with Crippen molar-refractivity contribution in [1.29, 1.82) is 0 Å². The Hall–Kier alpha value is -2.15. The van der Waals surface area contributed by atoms with E-state index >= 15 is 0 Å². The molecule has 1 fully saturated rings. The molecule has 0 atom stereocenters. The molecule has 0 saturated carbocycles. The zero-order valence-corrected chi connectivity index (χ0v) is 10.9. The predicted octanol–water partition coefficient (Wildman–Crippen LogP) is 0.898. The maximum absolute atomic E-state index is 13.0. The highest BCUT2D eigenvalue weighted by molar-refractivity contribution is 6.55. The summed E-state index contributed by atoms with van der Waals surface area (Å²) in [5, 5.41) is 0. The molecule has 0 N–H and O–H groups in total. The van der Waals surface area contributed by atoms with Gasteiger partial charge in [0.15, 0.2) is 0 Å². The van der Waals surface area contributed by atoms with Crippen LogP contribution in [0.2, 0.25) is 0 Å². The Balaban J connectivity index is 2.06. The fourth-order valence-corrected chi connectivity index (χ4v) is 1.73. The summed E-state index contributed by atoms with van der Waals surface area (Å²) in [6.45, 7) is 0.0266. The minimum Gasteiger partial charge on any atom is -0.495 e. The fraction of sp³-hybridized carbons (Fsp3) is 0.231. The summed E-state index contributed by atoms with van der Waals surface area (Å²) < 4.78 is 23.0. The number of rotatable bonds is 2. The van der Waals surface area contributed by atoms with Crippen LogP contribution in [0.5, 0.6) is 0 Å². The van der Waals surface area contributed by atoms with Crippen LogP contribution in [0.15, 0.2) is 30.2 Å². The number of nitrogens with zero attached hydrogens (tertiary/aromatic N) is 1. The second-order valence-corrected chi connectivity index (χ2v) is 4.43. The van der Waals surface area contributed by atoms with E-state index in [-0.39, 0.29) is 18.9 Å². The van der Waals surface area contributed by atoms with Gasteiger partial charge < -0.3 is 9.31 Å². The molecule has 1 aliphatic heterocycles. The van der Waals surface area contributed by atoms with Gasteiger partial charge in [-0.1, -0.05) is 18.2 Å². The third-order valence-electron chi connectivity index (χ3n) is 2.59. The summed E-state index contributed by atoms with van der Waals surface area (Å²) in [6.07, 6.45) is 1.53. The van der Waals surface area contributed by atoms with Gasteiger partial charge in [0.05, 0.1) is 13.1 Å². The smallest absolute Gasteiger partial charge is 0.495 e. The average Bonchev–Trinajstić information content (AvgIpc) is 2.34. The Morgan fingerprint density at radius 3 is 2.50 bits per heavy atom. The molecule has 1 aliphatic rings. The van der Waals surface area contributed by atoms with Crippen LogP contribution < -0.4 is 0 Å². The Morgan fingerprint density at radius 2 is 1.90 bits per heavy atom. The lowest BCUT2D eigenvalue weighted by Crippen LogP contribution is -2.41. The second kappa shape index (κ2) is 6.34. The molecule has 0 aliphatic carbocycles. The van der Waals surface area contributed by atoms with Crippen LogP contribution in [0.1, 0.15) is 5.56 Å². The van der Waals surface area contributed by atoms with Crippen LogP contribution in [0.3, 0.4) is 0 Å². The van der Waals surface area contributed by atoms with Gasteiger partial charge in [0, 0.05) is 0 Å². The molecular formula is C13H13BFNO4. The summed E-state index contributed by atoms with van der Waals surface area (Å²) in [5.41, 5.74) is 0.580. The molecule has 1 aromatic carbocycles. The van der Waals surface area contributed by atoms with Crippen molar-refractivity contribution in [2.24, 2.45) is 0 Å². The Labute approximate surface area is 116 Å². The normalized spacial score (nSPS) is 17.6. The largest absolute Gasteiger partial charge is 0.628 e. The first kappa shape index (κ1) is 14.3. The van der Waals surface area contributed by atoms with Crippen molar-refractivity contribution in [2.45, 2.75) is 0 Å². The Morgan fingerprint density at radius 1 is 1.25 bits per heavy atom. The van der Waals surface area contributed by atoms with Crippen LogP contribution in [0.4, 0.5) is 4.39 Å². The van der Waals surface area contributed by atoms with E-state index in [1.165, 1.54) is 29.1 Å². The first-order chi connectivity index (χ1) is 9.52. The fourth-order valence-electron chi connectivity index (χ4n) is 1.73. The SMILES string of the molecule is CN1CC(=O)OB(/C=C/c2cccc(F)c2)OC(=O)C1. The van der Waals surface area contributed by atoms with Gasteiger partial charge in [0.25, 0.3) is 0 Å². The Bertz CT molecular complexity index is 529. The molecule has 104 valence electrons. The molecule has 1 heterocycles. The van der Waals surface area contributed by atoms with E-state index in [4.69, 9.17) is 9.31 Å². The van der Waals surface area contributed by atoms with E-state index in [1.807, 2.05) is 0 Å². The highest BCUT2D eigenvalue weighted by Crippen LogP contribution is 2.08. The molecule has 2 rings (SSSR count). The minimum atomic E-state index is -1.09. The lowest BCUT2D eigenvalue weighted by molar-refractivity contribution is -0.145. The summed E-state index contributed by atoms with van der Waals surface area (Å²) in [5.74, 6) is 0.0406. The second-order valence-electron chi connectivity index (χ2n) is 4.43. The number of hydrogen-bond acceptors (Lipinski definition) is 5. The van der Waals surface area contributed by atoms with Crippen molar-refractivity contribution < 1.29 is 23.3 Å². The first-order valence-electron chi connectivity index (χ1n) is 6.04. The van der Waals surface area contributed by atoms with Crippen molar-refractivity contribution in [2.75, 3.05) is 20.1 Å². The molecule has 0 aromatic heterocycles. The molecule has 1 aromatic rings.